The van der Waals surface area contributed by atoms with Gasteiger partial charge in [-0.1, -0.05) is 54.1 Å². The van der Waals surface area contributed by atoms with Crippen LogP contribution in [0.25, 0.3) is 22.4 Å². The average molecular weight is 403 g/mol. The number of hydrogen-bond donors (Lipinski definition) is 2. The summed E-state index contributed by atoms with van der Waals surface area (Å²) in [6.45, 7) is 0.550. The standard InChI is InChI=1S/C23H19ClN4O/c24-19-8-4-7-18(13-19)22-20(15-27-28-22)17-10-12-25-21(14-17)23(29)26-11-9-16-5-2-1-3-6-16/h1-8,10,12-15H,9,11H2,(H,26,29)(H,27,28). The van der Waals surface area contributed by atoms with Crippen LogP contribution in [-0.4, -0.2) is 27.6 Å². The quantitative estimate of drug-likeness (QED) is 0.488. The van der Waals surface area contributed by atoms with Crippen LogP contribution in [-0.2, 0) is 6.42 Å². The number of H-pyrrole nitrogens is 1. The first-order chi connectivity index (χ1) is 14.2. The maximum atomic E-state index is 12.5. The van der Waals surface area contributed by atoms with E-state index in [1.54, 1.807) is 18.5 Å². The molecule has 2 aromatic heterocycles. The van der Waals surface area contributed by atoms with E-state index in [4.69, 9.17) is 11.6 Å². The Balaban J connectivity index is 1.51. The van der Waals surface area contributed by atoms with Gasteiger partial charge in [0.2, 0.25) is 0 Å². The van der Waals surface area contributed by atoms with Crippen molar-refractivity contribution >= 4 is 17.5 Å². The van der Waals surface area contributed by atoms with E-state index >= 15 is 0 Å². The molecule has 0 bridgehead atoms. The van der Waals surface area contributed by atoms with Crippen LogP contribution in [0.2, 0.25) is 5.02 Å². The average Bonchev–Trinajstić information content (AvgIpc) is 3.25. The van der Waals surface area contributed by atoms with E-state index < -0.39 is 0 Å². The Morgan fingerprint density at radius 1 is 1.00 bits per heavy atom. The van der Waals surface area contributed by atoms with Gasteiger partial charge in [0.25, 0.3) is 5.91 Å². The highest BCUT2D eigenvalue weighted by Crippen LogP contribution is 2.31. The molecule has 0 aliphatic carbocycles. The summed E-state index contributed by atoms with van der Waals surface area (Å²) >= 11 is 6.12. The monoisotopic (exact) mass is 402 g/mol. The normalized spacial score (nSPS) is 10.7. The van der Waals surface area contributed by atoms with E-state index in [1.807, 2.05) is 60.7 Å². The summed E-state index contributed by atoms with van der Waals surface area (Å²) in [5.74, 6) is -0.199. The number of nitrogens with one attached hydrogen (secondary N) is 2. The summed E-state index contributed by atoms with van der Waals surface area (Å²) in [4.78, 5) is 16.8. The van der Waals surface area contributed by atoms with Crippen LogP contribution in [0.1, 0.15) is 16.1 Å². The smallest absolute Gasteiger partial charge is 0.269 e. The van der Waals surface area contributed by atoms with Gasteiger partial charge < -0.3 is 5.32 Å². The van der Waals surface area contributed by atoms with E-state index in [-0.39, 0.29) is 5.91 Å². The zero-order chi connectivity index (χ0) is 20.1. The van der Waals surface area contributed by atoms with Gasteiger partial charge in [-0.05, 0) is 41.8 Å². The molecule has 4 rings (SSSR count). The van der Waals surface area contributed by atoms with Crippen LogP contribution in [0.4, 0.5) is 0 Å². The van der Waals surface area contributed by atoms with Gasteiger partial charge in [-0.15, -0.1) is 0 Å². The van der Waals surface area contributed by atoms with Crippen molar-refractivity contribution in [2.24, 2.45) is 0 Å². The highest BCUT2D eigenvalue weighted by atomic mass is 35.5. The fourth-order valence-electron chi connectivity index (χ4n) is 3.15. The first-order valence-corrected chi connectivity index (χ1v) is 9.66. The predicted octanol–water partition coefficient (Wildman–Crippen LogP) is 4.76. The SMILES string of the molecule is O=C(NCCc1ccccc1)c1cc(-c2cn[nH]c2-c2cccc(Cl)c2)ccn1. The minimum absolute atomic E-state index is 0.199. The Bertz CT molecular complexity index is 1120. The number of carbonyl (C=O) groups excluding carboxylic acids is 1. The summed E-state index contributed by atoms with van der Waals surface area (Å²) < 4.78 is 0. The second kappa shape index (κ2) is 8.71. The van der Waals surface area contributed by atoms with E-state index in [0.717, 1.165) is 28.8 Å². The Hall–Kier alpha value is -3.44. The number of halogens is 1. The number of nitrogens with zero attached hydrogens (tertiary/aromatic N) is 2. The van der Waals surface area contributed by atoms with Crippen molar-refractivity contribution < 1.29 is 4.79 Å². The molecule has 2 N–H and O–H groups in total. The summed E-state index contributed by atoms with van der Waals surface area (Å²) in [5, 5.41) is 10.8. The molecule has 5 nitrogen and oxygen atoms in total. The molecule has 2 heterocycles. The molecule has 6 heteroatoms. The van der Waals surface area contributed by atoms with Crippen molar-refractivity contribution in [3.8, 4) is 22.4 Å². The summed E-state index contributed by atoms with van der Waals surface area (Å²) in [6, 6.07) is 21.2. The van der Waals surface area contributed by atoms with Gasteiger partial charge in [-0.3, -0.25) is 14.9 Å². The lowest BCUT2D eigenvalue weighted by Crippen LogP contribution is -2.26. The Morgan fingerprint density at radius 3 is 2.69 bits per heavy atom. The zero-order valence-corrected chi connectivity index (χ0v) is 16.4. The lowest BCUT2D eigenvalue weighted by Gasteiger charge is -2.08. The van der Waals surface area contributed by atoms with Crippen molar-refractivity contribution in [2.45, 2.75) is 6.42 Å². The number of aromatic nitrogens is 3. The fraction of sp³-hybridized carbons (Fsp3) is 0.0870. The summed E-state index contributed by atoms with van der Waals surface area (Å²) in [5.41, 5.74) is 5.06. The molecule has 144 valence electrons. The molecular weight excluding hydrogens is 384 g/mol. The molecule has 0 aliphatic rings. The van der Waals surface area contributed by atoms with Gasteiger partial charge in [0.1, 0.15) is 5.69 Å². The van der Waals surface area contributed by atoms with E-state index in [9.17, 15) is 4.79 Å². The van der Waals surface area contributed by atoms with Crippen LogP contribution in [0.5, 0.6) is 0 Å². The van der Waals surface area contributed by atoms with Crippen LogP contribution in [0.3, 0.4) is 0 Å². The van der Waals surface area contributed by atoms with Crippen molar-refractivity contribution in [3.63, 3.8) is 0 Å². The third-order valence-electron chi connectivity index (χ3n) is 4.60. The van der Waals surface area contributed by atoms with Crippen molar-refractivity contribution in [3.05, 3.63) is 95.4 Å². The molecule has 0 fully saturated rings. The maximum Gasteiger partial charge on any atom is 0.269 e. The van der Waals surface area contributed by atoms with Crippen LogP contribution in [0.15, 0.2) is 79.1 Å². The van der Waals surface area contributed by atoms with Gasteiger partial charge in [-0.25, -0.2) is 0 Å². The molecule has 0 atom stereocenters. The molecule has 1 amide bonds. The highest BCUT2D eigenvalue weighted by molar-refractivity contribution is 6.30. The summed E-state index contributed by atoms with van der Waals surface area (Å²) in [7, 11) is 0. The van der Waals surface area contributed by atoms with Crippen molar-refractivity contribution in [1.29, 1.82) is 0 Å². The third kappa shape index (κ3) is 4.52. The second-order valence-corrected chi connectivity index (χ2v) is 7.03. The molecule has 0 saturated heterocycles. The molecule has 0 unspecified atom stereocenters. The fourth-order valence-corrected chi connectivity index (χ4v) is 3.34. The van der Waals surface area contributed by atoms with Crippen LogP contribution >= 0.6 is 11.6 Å². The molecule has 0 spiro atoms. The summed E-state index contributed by atoms with van der Waals surface area (Å²) in [6.07, 6.45) is 4.14. The van der Waals surface area contributed by atoms with Gasteiger partial charge >= 0.3 is 0 Å². The van der Waals surface area contributed by atoms with E-state index in [2.05, 4.69) is 20.5 Å². The van der Waals surface area contributed by atoms with E-state index in [1.165, 1.54) is 5.56 Å². The van der Waals surface area contributed by atoms with E-state index in [0.29, 0.717) is 17.3 Å². The topological polar surface area (TPSA) is 70.7 Å². The van der Waals surface area contributed by atoms with Gasteiger partial charge in [0, 0.05) is 28.9 Å². The Kier molecular flexibility index (Phi) is 5.68. The lowest BCUT2D eigenvalue weighted by atomic mass is 10.0. The molecule has 29 heavy (non-hydrogen) atoms. The Labute approximate surface area is 173 Å². The zero-order valence-electron chi connectivity index (χ0n) is 15.6. The Morgan fingerprint density at radius 2 is 1.86 bits per heavy atom. The van der Waals surface area contributed by atoms with Crippen molar-refractivity contribution in [1.82, 2.24) is 20.5 Å². The maximum absolute atomic E-state index is 12.5. The molecule has 2 aromatic carbocycles. The number of aromatic amines is 1. The molecule has 4 aromatic rings. The van der Waals surface area contributed by atoms with Crippen molar-refractivity contribution in [2.75, 3.05) is 6.54 Å². The molecule has 0 aliphatic heterocycles. The highest BCUT2D eigenvalue weighted by Gasteiger charge is 2.13. The molecule has 0 saturated carbocycles. The lowest BCUT2D eigenvalue weighted by molar-refractivity contribution is 0.0949. The number of carbonyl (C=O) groups is 1. The van der Waals surface area contributed by atoms with Crippen LogP contribution < -0.4 is 5.32 Å². The molecular formula is C23H19ClN4O. The first kappa shape index (κ1) is 18.9. The van der Waals surface area contributed by atoms with Gasteiger partial charge in [0.05, 0.1) is 11.9 Å². The third-order valence-corrected chi connectivity index (χ3v) is 4.83. The number of benzene rings is 2. The number of amides is 1. The minimum atomic E-state index is -0.199. The predicted molar refractivity (Wildman–Crippen MR) is 115 cm³/mol. The van der Waals surface area contributed by atoms with Gasteiger partial charge in [-0.2, -0.15) is 5.10 Å². The minimum Gasteiger partial charge on any atom is -0.350 e. The molecule has 0 radical (unpaired) electrons. The first-order valence-electron chi connectivity index (χ1n) is 9.28. The number of pyridine rings is 1. The van der Waals surface area contributed by atoms with Gasteiger partial charge in [0.15, 0.2) is 0 Å². The second-order valence-electron chi connectivity index (χ2n) is 6.59. The number of hydrogen-bond acceptors (Lipinski definition) is 3. The largest absolute Gasteiger partial charge is 0.350 e. The number of rotatable bonds is 6. The van der Waals surface area contributed by atoms with Crippen LogP contribution in [0, 0.1) is 0 Å².